The number of aromatic nitrogens is 2. The maximum Gasteiger partial charge on any atom is 0.330 e. The first-order chi connectivity index (χ1) is 7.53. The minimum absolute atomic E-state index is 0.0616. The lowest BCUT2D eigenvalue weighted by atomic mass is 9.94. The smallest absolute Gasteiger partial charge is 0.330 e. The van der Waals surface area contributed by atoms with E-state index < -0.39 is 11.2 Å². The van der Waals surface area contributed by atoms with Crippen LogP contribution in [0.5, 0.6) is 0 Å². The molecule has 5 nitrogen and oxygen atoms in total. The Bertz CT molecular complexity index is 468. The summed E-state index contributed by atoms with van der Waals surface area (Å²) >= 11 is 5.61. The molecule has 0 aliphatic carbocycles. The fourth-order valence-electron chi connectivity index (χ4n) is 2.07. The van der Waals surface area contributed by atoms with Crippen molar-refractivity contribution in [2.45, 2.75) is 25.3 Å². The van der Waals surface area contributed by atoms with Gasteiger partial charge in [-0.1, -0.05) is 11.6 Å². The highest BCUT2D eigenvalue weighted by atomic mass is 35.5. The van der Waals surface area contributed by atoms with E-state index in [2.05, 4.69) is 4.98 Å². The minimum atomic E-state index is -0.576. The second-order valence-electron chi connectivity index (χ2n) is 4.25. The number of aromatic amines is 1. The van der Waals surface area contributed by atoms with Crippen LogP contribution in [-0.4, -0.2) is 22.8 Å². The van der Waals surface area contributed by atoms with E-state index in [0.29, 0.717) is 13.2 Å². The number of hydrogen-bond donors (Lipinski definition) is 1. The maximum absolute atomic E-state index is 11.8. The van der Waals surface area contributed by atoms with Crippen LogP contribution in [0.2, 0.25) is 5.15 Å². The predicted molar refractivity (Wildman–Crippen MR) is 60.0 cm³/mol. The summed E-state index contributed by atoms with van der Waals surface area (Å²) in [6, 6.07) is 1.21. The topological polar surface area (TPSA) is 64.1 Å². The van der Waals surface area contributed by atoms with E-state index in [0.717, 1.165) is 12.8 Å². The summed E-state index contributed by atoms with van der Waals surface area (Å²) < 4.78 is 6.53. The van der Waals surface area contributed by atoms with Crippen LogP contribution in [0.25, 0.3) is 0 Å². The molecule has 0 saturated carbocycles. The third kappa shape index (κ3) is 1.92. The van der Waals surface area contributed by atoms with Crippen LogP contribution in [0.4, 0.5) is 0 Å². The zero-order chi connectivity index (χ0) is 11.8. The molecule has 2 heterocycles. The van der Waals surface area contributed by atoms with Gasteiger partial charge in [0.05, 0.1) is 12.1 Å². The molecule has 16 heavy (non-hydrogen) atoms. The lowest BCUT2D eigenvalue weighted by molar-refractivity contribution is 0.00566. The van der Waals surface area contributed by atoms with Gasteiger partial charge in [-0.2, -0.15) is 0 Å². The maximum atomic E-state index is 11.8. The highest BCUT2D eigenvalue weighted by Gasteiger charge is 2.32. The molecule has 1 fully saturated rings. The van der Waals surface area contributed by atoms with E-state index in [4.69, 9.17) is 16.3 Å². The molecule has 0 spiro atoms. The molecular weight excluding hydrogens is 232 g/mol. The van der Waals surface area contributed by atoms with Gasteiger partial charge in [0, 0.05) is 12.7 Å². The standard InChI is InChI=1S/C10H13ClN2O3/c1-10(3-2-4-16-6-10)13-8(14)5-7(11)12-9(13)15/h5H,2-4,6H2,1H3,(H,12,15). The van der Waals surface area contributed by atoms with Gasteiger partial charge in [-0.15, -0.1) is 0 Å². The van der Waals surface area contributed by atoms with Crippen molar-refractivity contribution < 1.29 is 4.74 Å². The van der Waals surface area contributed by atoms with E-state index in [1.54, 1.807) is 0 Å². The fourth-order valence-corrected chi connectivity index (χ4v) is 2.25. The number of rotatable bonds is 1. The normalized spacial score (nSPS) is 25.6. The average molecular weight is 245 g/mol. The van der Waals surface area contributed by atoms with Crippen molar-refractivity contribution in [2.75, 3.05) is 13.2 Å². The Labute approximate surface area is 97.0 Å². The molecule has 1 aromatic heterocycles. The molecule has 1 aliphatic heterocycles. The lowest BCUT2D eigenvalue weighted by Gasteiger charge is -2.34. The fraction of sp³-hybridized carbons (Fsp3) is 0.600. The van der Waals surface area contributed by atoms with Gasteiger partial charge in [-0.05, 0) is 19.8 Å². The summed E-state index contributed by atoms with van der Waals surface area (Å²) in [6.07, 6.45) is 1.59. The lowest BCUT2D eigenvalue weighted by Crippen LogP contribution is -2.51. The Balaban J connectivity index is 2.55. The summed E-state index contributed by atoms with van der Waals surface area (Å²) in [6.45, 7) is 2.89. The molecule has 1 atom stereocenters. The molecule has 1 aliphatic rings. The largest absolute Gasteiger partial charge is 0.379 e. The summed E-state index contributed by atoms with van der Waals surface area (Å²) in [5.74, 6) is 0. The zero-order valence-electron chi connectivity index (χ0n) is 8.96. The van der Waals surface area contributed by atoms with Crippen LogP contribution in [0.15, 0.2) is 15.7 Å². The van der Waals surface area contributed by atoms with Gasteiger partial charge in [0.1, 0.15) is 5.15 Å². The Kier molecular flexibility index (Phi) is 2.90. The van der Waals surface area contributed by atoms with E-state index in [1.165, 1.54) is 10.6 Å². The molecule has 0 aromatic carbocycles. The Morgan fingerprint density at radius 2 is 2.31 bits per heavy atom. The monoisotopic (exact) mass is 244 g/mol. The minimum Gasteiger partial charge on any atom is -0.379 e. The van der Waals surface area contributed by atoms with Gasteiger partial charge in [0.2, 0.25) is 0 Å². The summed E-state index contributed by atoms with van der Waals surface area (Å²) in [7, 11) is 0. The molecule has 2 rings (SSSR count). The highest BCUT2D eigenvalue weighted by molar-refractivity contribution is 6.29. The van der Waals surface area contributed by atoms with Crippen molar-refractivity contribution in [1.29, 1.82) is 0 Å². The SMILES string of the molecule is CC1(n2c(=O)cc(Cl)[nH]c2=O)CCCOC1. The molecule has 6 heteroatoms. The summed E-state index contributed by atoms with van der Waals surface area (Å²) in [5, 5.41) is 0.0616. The van der Waals surface area contributed by atoms with Crippen LogP contribution < -0.4 is 11.2 Å². The van der Waals surface area contributed by atoms with Gasteiger partial charge < -0.3 is 4.74 Å². The second-order valence-corrected chi connectivity index (χ2v) is 4.66. The van der Waals surface area contributed by atoms with Gasteiger partial charge in [0.25, 0.3) is 5.56 Å². The van der Waals surface area contributed by atoms with E-state index in [9.17, 15) is 9.59 Å². The van der Waals surface area contributed by atoms with Crippen LogP contribution in [-0.2, 0) is 10.3 Å². The van der Waals surface area contributed by atoms with E-state index >= 15 is 0 Å². The van der Waals surface area contributed by atoms with Crippen molar-refractivity contribution in [1.82, 2.24) is 9.55 Å². The zero-order valence-corrected chi connectivity index (χ0v) is 9.71. The van der Waals surface area contributed by atoms with Crippen LogP contribution in [0.3, 0.4) is 0 Å². The quantitative estimate of drug-likeness (QED) is 0.741. The summed E-state index contributed by atoms with van der Waals surface area (Å²) in [5.41, 5.74) is -1.44. The van der Waals surface area contributed by atoms with Gasteiger partial charge in [-0.3, -0.25) is 14.3 Å². The second kappa shape index (κ2) is 4.07. The number of hydrogen-bond acceptors (Lipinski definition) is 3. The molecule has 1 unspecified atom stereocenters. The Morgan fingerprint density at radius 3 is 2.88 bits per heavy atom. The van der Waals surface area contributed by atoms with Crippen molar-refractivity contribution in [3.05, 3.63) is 32.1 Å². The molecule has 0 radical (unpaired) electrons. The average Bonchev–Trinajstić information content (AvgIpc) is 2.16. The first-order valence-electron chi connectivity index (χ1n) is 5.13. The third-order valence-electron chi connectivity index (χ3n) is 2.86. The number of nitrogens with zero attached hydrogens (tertiary/aromatic N) is 1. The number of halogens is 1. The molecule has 0 bridgehead atoms. The van der Waals surface area contributed by atoms with Gasteiger partial charge >= 0.3 is 5.69 Å². The first-order valence-corrected chi connectivity index (χ1v) is 5.51. The van der Waals surface area contributed by atoms with Crippen molar-refractivity contribution in [3.63, 3.8) is 0 Å². The van der Waals surface area contributed by atoms with E-state index in [-0.39, 0.29) is 10.7 Å². The molecule has 1 N–H and O–H groups in total. The van der Waals surface area contributed by atoms with Crippen molar-refractivity contribution >= 4 is 11.6 Å². The number of nitrogens with one attached hydrogen (secondary N) is 1. The molecule has 88 valence electrons. The summed E-state index contributed by atoms with van der Waals surface area (Å²) in [4.78, 5) is 25.9. The first kappa shape index (κ1) is 11.4. The Morgan fingerprint density at radius 1 is 1.56 bits per heavy atom. The van der Waals surface area contributed by atoms with E-state index in [1.807, 2.05) is 6.92 Å². The number of H-pyrrole nitrogens is 1. The Hall–Kier alpha value is -1.07. The van der Waals surface area contributed by atoms with Crippen LogP contribution in [0, 0.1) is 0 Å². The van der Waals surface area contributed by atoms with Crippen molar-refractivity contribution in [2.24, 2.45) is 0 Å². The van der Waals surface area contributed by atoms with Crippen LogP contribution in [0.1, 0.15) is 19.8 Å². The third-order valence-corrected chi connectivity index (χ3v) is 3.06. The van der Waals surface area contributed by atoms with Crippen molar-refractivity contribution in [3.8, 4) is 0 Å². The predicted octanol–water partition coefficient (Wildman–Crippen LogP) is 0.716. The molecule has 1 aromatic rings. The van der Waals surface area contributed by atoms with Gasteiger partial charge in [-0.25, -0.2) is 4.79 Å². The van der Waals surface area contributed by atoms with Crippen LogP contribution >= 0.6 is 11.6 Å². The van der Waals surface area contributed by atoms with Gasteiger partial charge in [0.15, 0.2) is 0 Å². The highest BCUT2D eigenvalue weighted by Crippen LogP contribution is 2.23. The molecular formula is C10H13ClN2O3. The molecule has 1 saturated heterocycles. The number of ether oxygens (including phenoxy) is 1. The molecule has 0 amide bonds.